The molecule has 0 nitrogen and oxygen atoms in total. The summed E-state index contributed by atoms with van der Waals surface area (Å²) in [6.45, 7) is 0. The van der Waals surface area contributed by atoms with E-state index < -0.39 is 11.6 Å². The summed E-state index contributed by atoms with van der Waals surface area (Å²) in [6.07, 6.45) is 4.52. The van der Waals surface area contributed by atoms with Gasteiger partial charge in [-0.25, -0.2) is 8.78 Å². The summed E-state index contributed by atoms with van der Waals surface area (Å²) in [5, 5.41) is 1.05. The van der Waals surface area contributed by atoms with Crippen LogP contribution in [0.15, 0.2) is 18.2 Å². The predicted octanol–water partition coefficient (Wildman–Crippen LogP) is 4.63. The summed E-state index contributed by atoms with van der Waals surface area (Å²) in [4.78, 5) is 0. The van der Waals surface area contributed by atoms with E-state index in [0.717, 1.165) is 29.7 Å². The van der Waals surface area contributed by atoms with E-state index in [4.69, 9.17) is 0 Å². The molecular weight excluding hydrogens is 274 g/mol. The van der Waals surface area contributed by atoms with Crippen LogP contribution in [-0.4, -0.2) is 5.33 Å². The van der Waals surface area contributed by atoms with Crippen LogP contribution in [0.1, 0.15) is 37.2 Å². The molecule has 2 rings (SSSR count). The minimum Gasteiger partial charge on any atom is -0.204 e. The van der Waals surface area contributed by atoms with Crippen molar-refractivity contribution in [3.05, 3.63) is 35.4 Å². The molecule has 0 N–H and O–H groups in total. The van der Waals surface area contributed by atoms with Gasteiger partial charge in [-0.2, -0.15) is 0 Å². The van der Waals surface area contributed by atoms with Crippen LogP contribution in [0, 0.1) is 17.6 Å². The topological polar surface area (TPSA) is 0 Å². The molecule has 0 saturated heterocycles. The van der Waals surface area contributed by atoms with Crippen LogP contribution in [0.25, 0.3) is 0 Å². The third kappa shape index (κ3) is 2.62. The molecule has 0 amide bonds. The van der Waals surface area contributed by atoms with Gasteiger partial charge in [0, 0.05) is 5.33 Å². The average molecular weight is 289 g/mol. The molecule has 3 heteroatoms. The number of hydrogen-bond donors (Lipinski definition) is 0. The van der Waals surface area contributed by atoms with Gasteiger partial charge in [0.2, 0.25) is 0 Å². The lowest BCUT2D eigenvalue weighted by Gasteiger charge is -2.27. The van der Waals surface area contributed by atoms with E-state index >= 15 is 0 Å². The first kappa shape index (κ1) is 12.0. The fraction of sp³-hybridized carbons (Fsp3) is 0.538. The van der Waals surface area contributed by atoms with Crippen molar-refractivity contribution in [2.24, 2.45) is 5.92 Å². The third-order valence-electron chi connectivity index (χ3n) is 3.48. The van der Waals surface area contributed by atoms with E-state index in [1.54, 1.807) is 6.07 Å². The molecular formula is C13H15BrF2. The van der Waals surface area contributed by atoms with Crippen molar-refractivity contribution < 1.29 is 8.78 Å². The Morgan fingerprint density at radius 2 is 1.75 bits per heavy atom. The summed E-state index contributed by atoms with van der Waals surface area (Å²) in [7, 11) is 0. The van der Waals surface area contributed by atoms with Crippen molar-refractivity contribution >= 4 is 15.9 Å². The number of alkyl halides is 1. The molecule has 1 aliphatic carbocycles. The maximum absolute atomic E-state index is 13.1. The first-order chi connectivity index (χ1) is 7.70. The second kappa shape index (κ2) is 5.26. The number of benzene rings is 1. The molecule has 1 aromatic rings. The summed E-state index contributed by atoms with van der Waals surface area (Å²) in [5.74, 6) is -0.315. The van der Waals surface area contributed by atoms with Gasteiger partial charge >= 0.3 is 0 Å². The molecule has 16 heavy (non-hydrogen) atoms. The van der Waals surface area contributed by atoms with Crippen molar-refractivity contribution in [1.29, 1.82) is 0 Å². The molecule has 1 fully saturated rings. The maximum atomic E-state index is 13.1. The largest absolute Gasteiger partial charge is 0.204 e. The van der Waals surface area contributed by atoms with Gasteiger partial charge in [0.15, 0.2) is 11.6 Å². The molecule has 0 unspecified atom stereocenters. The smallest absolute Gasteiger partial charge is 0.159 e. The lowest BCUT2D eigenvalue weighted by Crippen LogP contribution is -2.14. The van der Waals surface area contributed by atoms with Crippen LogP contribution in [0.5, 0.6) is 0 Å². The molecule has 0 bridgehead atoms. The highest BCUT2D eigenvalue weighted by atomic mass is 79.9. The second-order valence-corrected chi connectivity index (χ2v) is 5.19. The van der Waals surface area contributed by atoms with E-state index in [1.807, 2.05) is 0 Å². The maximum Gasteiger partial charge on any atom is 0.159 e. The minimum atomic E-state index is -0.752. The van der Waals surface area contributed by atoms with Gasteiger partial charge in [-0.3, -0.25) is 0 Å². The monoisotopic (exact) mass is 288 g/mol. The van der Waals surface area contributed by atoms with Gasteiger partial charge in [0.25, 0.3) is 0 Å². The van der Waals surface area contributed by atoms with Gasteiger partial charge in [-0.1, -0.05) is 22.0 Å². The fourth-order valence-corrected chi connectivity index (χ4v) is 3.06. The van der Waals surface area contributed by atoms with Crippen molar-refractivity contribution in [1.82, 2.24) is 0 Å². The Balaban J connectivity index is 2.05. The summed E-state index contributed by atoms with van der Waals surface area (Å²) in [5.41, 5.74) is 0.951. The van der Waals surface area contributed by atoms with Crippen molar-refractivity contribution in [2.75, 3.05) is 5.33 Å². The first-order valence-electron chi connectivity index (χ1n) is 5.71. The number of halogens is 3. The quantitative estimate of drug-likeness (QED) is 0.696. The van der Waals surface area contributed by atoms with Crippen molar-refractivity contribution in [3.8, 4) is 0 Å². The summed E-state index contributed by atoms with van der Waals surface area (Å²) < 4.78 is 25.9. The Morgan fingerprint density at radius 3 is 2.31 bits per heavy atom. The zero-order chi connectivity index (χ0) is 11.5. The lowest BCUT2D eigenvalue weighted by atomic mass is 9.79. The standard InChI is InChI=1S/C13H15BrF2/c14-8-9-1-3-10(4-2-9)11-5-6-12(15)13(16)7-11/h5-7,9-10H,1-4,8H2/t9-,10-. The molecule has 1 aliphatic rings. The van der Waals surface area contributed by atoms with E-state index in [9.17, 15) is 8.78 Å². The normalized spacial score (nSPS) is 25.7. The van der Waals surface area contributed by atoms with Crippen LogP contribution >= 0.6 is 15.9 Å². The van der Waals surface area contributed by atoms with Crippen LogP contribution < -0.4 is 0 Å². The van der Waals surface area contributed by atoms with E-state index in [0.29, 0.717) is 5.92 Å². The fourth-order valence-electron chi connectivity index (χ4n) is 2.42. The Bertz CT molecular complexity index is 357. The Morgan fingerprint density at radius 1 is 1.06 bits per heavy atom. The van der Waals surface area contributed by atoms with Crippen LogP contribution in [0.2, 0.25) is 0 Å². The number of hydrogen-bond acceptors (Lipinski definition) is 0. The van der Waals surface area contributed by atoms with E-state index in [1.165, 1.54) is 25.0 Å². The molecule has 0 spiro atoms. The van der Waals surface area contributed by atoms with E-state index in [2.05, 4.69) is 15.9 Å². The molecule has 1 saturated carbocycles. The SMILES string of the molecule is Fc1ccc([C@H]2CC[C@H](CBr)CC2)cc1F. The summed E-state index contributed by atoms with van der Waals surface area (Å²) >= 11 is 3.50. The Labute approximate surface area is 103 Å². The Kier molecular flexibility index (Phi) is 3.95. The van der Waals surface area contributed by atoms with Gasteiger partial charge < -0.3 is 0 Å². The van der Waals surface area contributed by atoms with Crippen LogP contribution in [-0.2, 0) is 0 Å². The van der Waals surface area contributed by atoms with Crippen LogP contribution in [0.4, 0.5) is 8.78 Å². The van der Waals surface area contributed by atoms with Crippen LogP contribution in [0.3, 0.4) is 0 Å². The molecule has 0 aromatic heterocycles. The van der Waals surface area contributed by atoms with Gasteiger partial charge in [-0.05, 0) is 55.2 Å². The molecule has 88 valence electrons. The molecule has 0 aliphatic heterocycles. The average Bonchev–Trinajstić information content (AvgIpc) is 2.33. The highest BCUT2D eigenvalue weighted by Crippen LogP contribution is 2.36. The molecule has 0 heterocycles. The molecule has 1 aromatic carbocycles. The van der Waals surface area contributed by atoms with Crippen molar-refractivity contribution in [2.45, 2.75) is 31.6 Å². The molecule has 0 radical (unpaired) electrons. The molecule has 0 atom stereocenters. The van der Waals surface area contributed by atoms with Gasteiger partial charge in [0.05, 0.1) is 0 Å². The van der Waals surface area contributed by atoms with Gasteiger partial charge in [-0.15, -0.1) is 0 Å². The first-order valence-corrected chi connectivity index (χ1v) is 6.83. The minimum absolute atomic E-state index is 0.408. The zero-order valence-electron chi connectivity index (χ0n) is 9.06. The Hall–Kier alpha value is -0.440. The predicted molar refractivity (Wildman–Crippen MR) is 64.9 cm³/mol. The van der Waals surface area contributed by atoms with Crippen molar-refractivity contribution in [3.63, 3.8) is 0 Å². The lowest BCUT2D eigenvalue weighted by molar-refractivity contribution is 0.353. The van der Waals surface area contributed by atoms with E-state index in [-0.39, 0.29) is 0 Å². The zero-order valence-corrected chi connectivity index (χ0v) is 10.6. The third-order valence-corrected chi connectivity index (χ3v) is 4.40. The highest BCUT2D eigenvalue weighted by molar-refractivity contribution is 9.09. The highest BCUT2D eigenvalue weighted by Gasteiger charge is 2.22. The summed E-state index contributed by atoms with van der Waals surface area (Å²) in [6, 6.07) is 4.31. The number of rotatable bonds is 2. The second-order valence-electron chi connectivity index (χ2n) is 4.55. The van der Waals surface area contributed by atoms with Gasteiger partial charge in [0.1, 0.15) is 0 Å².